The number of fused-ring (bicyclic) bond motifs is 1. The van der Waals surface area contributed by atoms with Gasteiger partial charge in [-0.25, -0.2) is 0 Å². The van der Waals surface area contributed by atoms with Crippen molar-refractivity contribution in [1.29, 1.82) is 0 Å². The summed E-state index contributed by atoms with van der Waals surface area (Å²) >= 11 is 12.2. The van der Waals surface area contributed by atoms with Crippen LogP contribution in [0.5, 0.6) is 0 Å². The van der Waals surface area contributed by atoms with Crippen molar-refractivity contribution in [2.24, 2.45) is 5.73 Å². The van der Waals surface area contributed by atoms with Crippen LogP contribution in [0.4, 0.5) is 5.69 Å². The molecule has 2 amide bonds. The van der Waals surface area contributed by atoms with E-state index in [9.17, 15) is 9.59 Å². The monoisotopic (exact) mass is 401 g/mol. The number of nitrogens with one attached hydrogen (secondary N) is 1. The molecule has 27 heavy (non-hydrogen) atoms. The van der Waals surface area contributed by atoms with Crippen LogP contribution < -0.4 is 11.1 Å². The Hall–Kier alpha value is -2.63. The lowest BCUT2D eigenvalue weighted by Gasteiger charge is -2.14. The van der Waals surface area contributed by atoms with Gasteiger partial charge in [-0.2, -0.15) is 0 Å². The van der Waals surface area contributed by atoms with Crippen LogP contribution in [0.1, 0.15) is 28.4 Å². The fourth-order valence-electron chi connectivity index (χ4n) is 3.01. The van der Waals surface area contributed by atoms with Gasteiger partial charge in [0.05, 0.1) is 33.2 Å². The molecule has 2 aromatic carbocycles. The summed E-state index contributed by atoms with van der Waals surface area (Å²) in [5.74, 6) is -0.856. The quantitative estimate of drug-likeness (QED) is 0.664. The summed E-state index contributed by atoms with van der Waals surface area (Å²) in [6.07, 6.45) is 2.53. The van der Waals surface area contributed by atoms with Crippen molar-refractivity contribution in [3.8, 4) is 0 Å². The van der Waals surface area contributed by atoms with Gasteiger partial charge in [0.25, 0.3) is 5.91 Å². The van der Waals surface area contributed by atoms with E-state index < -0.39 is 11.8 Å². The van der Waals surface area contributed by atoms with E-state index in [1.807, 2.05) is 13.0 Å². The van der Waals surface area contributed by atoms with Crippen LogP contribution in [0.3, 0.4) is 0 Å². The van der Waals surface area contributed by atoms with E-state index in [0.29, 0.717) is 11.2 Å². The van der Waals surface area contributed by atoms with Crippen LogP contribution in [0.15, 0.2) is 42.6 Å². The first-order valence-corrected chi connectivity index (χ1v) is 9.11. The van der Waals surface area contributed by atoms with E-state index >= 15 is 0 Å². The molecule has 0 radical (unpaired) electrons. The summed E-state index contributed by atoms with van der Waals surface area (Å²) in [5, 5.41) is 4.11. The first kappa shape index (κ1) is 19.1. The zero-order valence-corrected chi connectivity index (χ0v) is 16.1. The number of carbonyl (C=O) groups is 2. The van der Waals surface area contributed by atoms with E-state index in [0.717, 1.165) is 22.9 Å². The highest BCUT2D eigenvalue weighted by molar-refractivity contribution is 6.40. The van der Waals surface area contributed by atoms with E-state index in [4.69, 9.17) is 28.9 Å². The molecule has 1 heterocycles. The van der Waals surface area contributed by atoms with Crippen molar-refractivity contribution in [1.82, 2.24) is 4.98 Å². The summed E-state index contributed by atoms with van der Waals surface area (Å²) in [6.45, 7) is 1.98. The smallest absolute Gasteiger partial charge is 0.258 e. The molecule has 0 saturated heterocycles. The average molecular weight is 402 g/mol. The molecule has 0 fully saturated rings. The zero-order chi connectivity index (χ0) is 19.6. The molecule has 0 aliphatic rings. The summed E-state index contributed by atoms with van der Waals surface area (Å²) in [5.41, 5.74) is 8.44. The minimum absolute atomic E-state index is 0.107. The number of primary amides is 1. The molecule has 5 nitrogen and oxygen atoms in total. The Balaban J connectivity index is 2.08. The second kappa shape index (κ2) is 7.94. The van der Waals surface area contributed by atoms with Gasteiger partial charge in [0, 0.05) is 11.6 Å². The number of aryl methyl sites for hydroxylation is 1. The largest absolute Gasteiger partial charge is 0.369 e. The van der Waals surface area contributed by atoms with E-state index in [2.05, 4.69) is 10.3 Å². The molecule has 0 spiro atoms. The number of benzene rings is 2. The highest BCUT2D eigenvalue weighted by atomic mass is 35.5. The normalized spacial score (nSPS) is 10.8. The highest BCUT2D eigenvalue weighted by Crippen LogP contribution is 2.29. The molecule has 3 rings (SSSR count). The standard InChI is InChI=1S/C20H17Cl2N3O2/c1-2-11-10-24-19-12(13(11)9-17(23)26)5-3-8-16(19)25-20(27)18-14(21)6-4-7-15(18)22/h3-8,10H,2,9H2,1H3,(H2,23,26)(H,25,27). The van der Waals surface area contributed by atoms with Crippen molar-refractivity contribution < 1.29 is 9.59 Å². The number of anilines is 1. The third-order valence-electron chi connectivity index (χ3n) is 4.27. The molecule has 0 aliphatic carbocycles. The Labute approximate surface area is 166 Å². The molecule has 138 valence electrons. The maximum absolute atomic E-state index is 12.7. The van der Waals surface area contributed by atoms with Crippen molar-refractivity contribution >= 4 is 51.6 Å². The molecule has 7 heteroatoms. The van der Waals surface area contributed by atoms with Crippen molar-refractivity contribution in [3.05, 3.63) is 69.3 Å². The molecule has 0 aliphatic heterocycles. The first-order valence-electron chi connectivity index (χ1n) is 8.35. The number of amides is 2. The lowest BCUT2D eigenvalue weighted by atomic mass is 9.98. The van der Waals surface area contributed by atoms with Gasteiger partial charge in [0.2, 0.25) is 5.91 Å². The summed E-state index contributed by atoms with van der Waals surface area (Å²) in [7, 11) is 0. The zero-order valence-electron chi connectivity index (χ0n) is 14.6. The topological polar surface area (TPSA) is 85.1 Å². The molecule has 3 aromatic rings. The summed E-state index contributed by atoms with van der Waals surface area (Å²) in [4.78, 5) is 28.7. The van der Waals surface area contributed by atoms with Crippen LogP contribution in [0.25, 0.3) is 10.9 Å². The van der Waals surface area contributed by atoms with E-state index in [1.54, 1.807) is 36.5 Å². The predicted molar refractivity (Wildman–Crippen MR) is 108 cm³/mol. The molecule has 1 aromatic heterocycles. The summed E-state index contributed by atoms with van der Waals surface area (Å²) < 4.78 is 0. The molecular weight excluding hydrogens is 385 g/mol. The van der Waals surface area contributed by atoms with Crippen LogP contribution in [-0.4, -0.2) is 16.8 Å². The van der Waals surface area contributed by atoms with Gasteiger partial charge in [-0.3, -0.25) is 14.6 Å². The number of nitrogens with zero attached hydrogens (tertiary/aromatic N) is 1. The van der Waals surface area contributed by atoms with Crippen molar-refractivity contribution in [2.75, 3.05) is 5.32 Å². The second-order valence-corrected chi connectivity index (χ2v) is 6.83. The Bertz CT molecular complexity index is 1030. The Morgan fingerprint density at radius 2 is 1.78 bits per heavy atom. The van der Waals surface area contributed by atoms with Gasteiger partial charge in [0.15, 0.2) is 0 Å². The maximum Gasteiger partial charge on any atom is 0.258 e. The van der Waals surface area contributed by atoms with Crippen LogP contribution in [0.2, 0.25) is 10.0 Å². The average Bonchev–Trinajstić information content (AvgIpc) is 2.62. The fraction of sp³-hybridized carbons (Fsp3) is 0.150. The maximum atomic E-state index is 12.7. The van der Waals surface area contributed by atoms with Gasteiger partial charge in [-0.1, -0.05) is 48.3 Å². The van der Waals surface area contributed by atoms with Crippen LogP contribution in [-0.2, 0) is 17.6 Å². The Morgan fingerprint density at radius 1 is 1.11 bits per heavy atom. The third kappa shape index (κ3) is 3.89. The van der Waals surface area contributed by atoms with Crippen molar-refractivity contribution in [3.63, 3.8) is 0 Å². The Morgan fingerprint density at radius 3 is 2.41 bits per heavy atom. The lowest BCUT2D eigenvalue weighted by molar-refractivity contribution is -0.117. The van der Waals surface area contributed by atoms with Gasteiger partial charge in [-0.05, 0) is 35.7 Å². The molecule has 0 saturated carbocycles. The molecule has 0 unspecified atom stereocenters. The van der Waals surface area contributed by atoms with Gasteiger partial charge in [0.1, 0.15) is 0 Å². The number of para-hydroxylation sites is 1. The molecule has 0 bridgehead atoms. The number of aromatic nitrogens is 1. The second-order valence-electron chi connectivity index (χ2n) is 6.01. The number of hydrogen-bond acceptors (Lipinski definition) is 3. The number of nitrogens with two attached hydrogens (primary N) is 1. The highest BCUT2D eigenvalue weighted by Gasteiger charge is 2.17. The number of hydrogen-bond donors (Lipinski definition) is 2. The number of halogens is 2. The SMILES string of the molecule is CCc1cnc2c(NC(=O)c3c(Cl)cccc3Cl)cccc2c1CC(N)=O. The predicted octanol–water partition coefficient (Wildman–Crippen LogP) is 4.38. The minimum atomic E-state index is -0.434. The molecular formula is C20H17Cl2N3O2. The van der Waals surface area contributed by atoms with Gasteiger partial charge in [-0.15, -0.1) is 0 Å². The Kier molecular flexibility index (Phi) is 5.63. The number of pyridine rings is 1. The molecule has 3 N–H and O–H groups in total. The number of rotatable bonds is 5. The van der Waals surface area contributed by atoms with Gasteiger partial charge >= 0.3 is 0 Å². The van der Waals surface area contributed by atoms with E-state index in [-0.39, 0.29) is 22.0 Å². The van der Waals surface area contributed by atoms with E-state index in [1.165, 1.54) is 0 Å². The first-order chi connectivity index (χ1) is 12.9. The third-order valence-corrected chi connectivity index (χ3v) is 4.90. The van der Waals surface area contributed by atoms with Gasteiger partial charge < -0.3 is 11.1 Å². The summed E-state index contributed by atoms with van der Waals surface area (Å²) in [6, 6.07) is 10.3. The van der Waals surface area contributed by atoms with Crippen LogP contribution in [0, 0.1) is 0 Å². The fourth-order valence-corrected chi connectivity index (χ4v) is 3.58. The molecule has 0 atom stereocenters. The van der Waals surface area contributed by atoms with Crippen molar-refractivity contribution in [2.45, 2.75) is 19.8 Å². The number of carbonyl (C=O) groups excluding carboxylic acids is 2. The lowest BCUT2D eigenvalue weighted by Crippen LogP contribution is -2.16. The van der Waals surface area contributed by atoms with Crippen LogP contribution >= 0.6 is 23.2 Å². The minimum Gasteiger partial charge on any atom is -0.369 e.